The first-order valence-corrected chi connectivity index (χ1v) is 14.6. The lowest BCUT2D eigenvalue weighted by Crippen LogP contribution is -2.47. The van der Waals surface area contributed by atoms with Gasteiger partial charge in [0, 0.05) is 45.5 Å². The van der Waals surface area contributed by atoms with Gasteiger partial charge in [0.1, 0.15) is 15.8 Å². The average Bonchev–Trinajstić information content (AvgIpc) is 3.56. The van der Waals surface area contributed by atoms with Crippen molar-refractivity contribution in [2.45, 2.75) is 32.4 Å². The van der Waals surface area contributed by atoms with Crippen molar-refractivity contribution in [3.05, 3.63) is 80.6 Å². The van der Waals surface area contributed by atoms with Crippen LogP contribution in [0.2, 0.25) is 0 Å². The lowest BCUT2D eigenvalue weighted by atomic mass is 10.1. The van der Waals surface area contributed by atoms with Crippen molar-refractivity contribution in [2.24, 2.45) is 0 Å². The molecule has 5 heterocycles. The minimum atomic E-state index is -0.185. The maximum Gasteiger partial charge on any atom is 0.267 e. The Morgan fingerprint density at radius 3 is 2.64 bits per heavy atom. The first kappa shape index (κ1) is 26.2. The minimum Gasteiger partial charge on any atom is -0.376 e. The third kappa shape index (κ3) is 5.38. The predicted octanol–water partition coefficient (Wildman–Crippen LogP) is 3.71. The third-order valence-corrected chi connectivity index (χ3v) is 8.92. The van der Waals surface area contributed by atoms with Gasteiger partial charge in [0.25, 0.3) is 11.5 Å². The van der Waals surface area contributed by atoms with E-state index >= 15 is 0 Å². The first-order chi connectivity index (χ1) is 19.0. The number of rotatable bonds is 6. The maximum absolute atomic E-state index is 13.8. The molecule has 10 heteroatoms. The van der Waals surface area contributed by atoms with Crippen LogP contribution in [0.15, 0.2) is 58.4 Å². The van der Waals surface area contributed by atoms with Crippen molar-refractivity contribution in [1.29, 1.82) is 0 Å². The number of fused-ring (bicyclic) bond motifs is 1. The van der Waals surface area contributed by atoms with Gasteiger partial charge >= 0.3 is 0 Å². The second-order valence-corrected chi connectivity index (χ2v) is 11.9. The molecule has 0 radical (unpaired) electrons. The summed E-state index contributed by atoms with van der Waals surface area (Å²) in [5.41, 5.74) is 3.08. The molecule has 0 aliphatic carbocycles. The lowest BCUT2D eigenvalue weighted by molar-refractivity contribution is -0.123. The summed E-state index contributed by atoms with van der Waals surface area (Å²) in [4.78, 5) is 38.9. The summed E-state index contributed by atoms with van der Waals surface area (Å²) in [7, 11) is 0. The molecular formula is C29H31N5O3S2. The summed E-state index contributed by atoms with van der Waals surface area (Å²) < 4.78 is 7.81. The summed E-state index contributed by atoms with van der Waals surface area (Å²) in [6, 6.07) is 14.3. The Morgan fingerprint density at radius 1 is 1.10 bits per heavy atom. The fourth-order valence-electron chi connectivity index (χ4n) is 5.41. The van der Waals surface area contributed by atoms with Crippen LogP contribution >= 0.6 is 24.0 Å². The zero-order valence-corrected chi connectivity index (χ0v) is 23.5. The second-order valence-electron chi connectivity index (χ2n) is 10.2. The highest BCUT2D eigenvalue weighted by atomic mass is 32.2. The number of thiocarbonyl (C=S) groups is 1. The number of ether oxygens (including phenoxy) is 1. The summed E-state index contributed by atoms with van der Waals surface area (Å²) in [6.07, 6.45) is 5.36. The Bertz CT molecular complexity index is 1490. The molecule has 1 amide bonds. The van der Waals surface area contributed by atoms with Crippen molar-refractivity contribution < 1.29 is 9.53 Å². The number of benzene rings is 1. The highest BCUT2D eigenvalue weighted by Crippen LogP contribution is 2.34. The van der Waals surface area contributed by atoms with E-state index in [-0.39, 0.29) is 17.6 Å². The normalized spacial score (nSPS) is 21.6. The number of aromatic nitrogens is 2. The zero-order chi connectivity index (χ0) is 26.9. The summed E-state index contributed by atoms with van der Waals surface area (Å²) >= 11 is 6.80. The van der Waals surface area contributed by atoms with Gasteiger partial charge < -0.3 is 9.64 Å². The van der Waals surface area contributed by atoms with Gasteiger partial charge in [-0.05, 0) is 43.0 Å². The largest absolute Gasteiger partial charge is 0.376 e. The van der Waals surface area contributed by atoms with Gasteiger partial charge in [-0.15, -0.1) is 0 Å². The lowest BCUT2D eigenvalue weighted by Gasteiger charge is -2.36. The fraction of sp³-hybridized carbons (Fsp3) is 0.379. The van der Waals surface area contributed by atoms with Crippen LogP contribution in [-0.2, 0) is 16.1 Å². The number of piperazine rings is 1. The Kier molecular flexibility index (Phi) is 7.53. The van der Waals surface area contributed by atoms with Crippen LogP contribution in [0.1, 0.15) is 29.5 Å². The quantitative estimate of drug-likeness (QED) is 0.333. The molecule has 8 nitrogen and oxygen atoms in total. The second kappa shape index (κ2) is 11.2. The van der Waals surface area contributed by atoms with E-state index < -0.39 is 0 Å². The molecule has 6 rings (SSSR count). The Balaban J connectivity index is 1.31. The molecule has 0 bridgehead atoms. The molecule has 3 aliphatic rings. The maximum atomic E-state index is 13.8. The van der Waals surface area contributed by atoms with Gasteiger partial charge in [-0.25, -0.2) is 4.98 Å². The molecule has 0 saturated carbocycles. The summed E-state index contributed by atoms with van der Waals surface area (Å²) in [5.74, 6) is 0.450. The first-order valence-electron chi connectivity index (χ1n) is 13.4. The monoisotopic (exact) mass is 561 g/mol. The number of hydrogen-bond donors (Lipinski definition) is 0. The SMILES string of the molecule is Cc1cccn2c(=O)c(/C=C3/SC(=S)N(C[C@@H]4CCCO4)C3=O)c(N3CCN(Cc4ccccc4)CC3)nc12. The van der Waals surface area contributed by atoms with Gasteiger partial charge in [-0.1, -0.05) is 60.4 Å². The van der Waals surface area contributed by atoms with Crippen LogP contribution in [0.4, 0.5) is 5.82 Å². The van der Waals surface area contributed by atoms with Crippen molar-refractivity contribution in [2.75, 3.05) is 44.2 Å². The fourth-order valence-corrected chi connectivity index (χ4v) is 6.66. The standard InChI is InChI=1S/C29H31N5O3S2/c1-20-7-5-11-33-25(20)30-26(32-14-12-31(13-15-32)18-21-8-3-2-4-9-21)23(27(33)35)17-24-28(36)34(29(38)39-24)19-22-10-6-16-37-22/h2-5,7-9,11,17,22H,6,10,12-16,18-19H2,1H3/b24-17+/t22-/m0/s1. The molecule has 0 unspecified atom stereocenters. The van der Waals surface area contributed by atoms with E-state index in [1.807, 2.05) is 25.1 Å². The van der Waals surface area contributed by atoms with Crippen molar-refractivity contribution in [1.82, 2.24) is 19.2 Å². The highest BCUT2D eigenvalue weighted by molar-refractivity contribution is 8.26. The Hall–Kier alpha value is -3.05. The van der Waals surface area contributed by atoms with Gasteiger partial charge in [-0.3, -0.25) is 23.8 Å². The van der Waals surface area contributed by atoms with Gasteiger partial charge in [-0.2, -0.15) is 0 Å². The molecule has 0 spiro atoms. The molecule has 1 atom stereocenters. The number of aryl methyl sites for hydroxylation is 1. The number of carbonyl (C=O) groups excluding carboxylic acids is 1. The van der Waals surface area contributed by atoms with E-state index in [1.165, 1.54) is 17.3 Å². The van der Waals surface area contributed by atoms with Crippen LogP contribution < -0.4 is 10.5 Å². The van der Waals surface area contributed by atoms with E-state index in [9.17, 15) is 9.59 Å². The van der Waals surface area contributed by atoms with E-state index in [4.69, 9.17) is 21.9 Å². The molecule has 3 fully saturated rings. The molecule has 2 aromatic heterocycles. The number of carbonyl (C=O) groups is 1. The van der Waals surface area contributed by atoms with E-state index in [0.717, 1.165) is 57.7 Å². The number of amides is 1. The van der Waals surface area contributed by atoms with Gasteiger partial charge in [0.2, 0.25) is 0 Å². The summed E-state index contributed by atoms with van der Waals surface area (Å²) in [5, 5.41) is 0. The third-order valence-electron chi connectivity index (χ3n) is 7.54. The van der Waals surface area contributed by atoms with Crippen LogP contribution in [0.3, 0.4) is 0 Å². The smallest absolute Gasteiger partial charge is 0.267 e. The van der Waals surface area contributed by atoms with Crippen molar-refractivity contribution >= 4 is 51.7 Å². The van der Waals surface area contributed by atoms with Crippen molar-refractivity contribution in [3.63, 3.8) is 0 Å². The molecular weight excluding hydrogens is 530 g/mol. The molecule has 202 valence electrons. The predicted molar refractivity (Wildman–Crippen MR) is 159 cm³/mol. The Morgan fingerprint density at radius 2 is 1.90 bits per heavy atom. The van der Waals surface area contributed by atoms with Crippen LogP contribution in [0, 0.1) is 6.92 Å². The molecule has 3 saturated heterocycles. The molecule has 3 aliphatic heterocycles. The van der Waals surface area contributed by atoms with E-state index in [0.29, 0.717) is 32.8 Å². The molecule has 1 aromatic carbocycles. The Labute approximate surface area is 237 Å². The van der Waals surface area contributed by atoms with Crippen LogP contribution in [-0.4, -0.2) is 74.8 Å². The molecule has 3 aromatic rings. The molecule has 0 N–H and O–H groups in total. The zero-order valence-electron chi connectivity index (χ0n) is 21.9. The minimum absolute atomic E-state index is 0.00512. The van der Waals surface area contributed by atoms with Crippen LogP contribution in [0.5, 0.6) is 0 Å². The summed E-state index contributed by atoms with van der Waals surface area (Å²) in [6.45, 7) is 7.20. The molecule has 39 heavy (non-hydrogen) atoms. The number of thioether (sulfide) groups is 1. The van der Waals surface area contributed by atoms with Crippen LogP contribution in [0.25, 0.3) is 11.7 Å². The number of anilines is 1. The van der Waals surface area contributed by atoms with E-state index in [1.54, 1.807) is 21.6 Å². The van der Waals surface area contributed by atoms with Gasteiger partial charge in [0.15, 0.2) is 0 Å². The van der Waals surface area contributed by atoms with Gasteiger partial charge in [0.05, 0.1) is 23.1 Å². The average molecular weight is 562 g/mol. The van der Waals surface area contributed by atoms with E-state index in [2.05, 4.69) is 34.1 Å². The highest BCUT2D eigenvalue weighted by Gasteiger charge is 2.35. The topological polar surface area (TPSA) is 70.4 Å². The number of pyridine rings is 1. The number of hydrogen-bond acceptors (Lipinski definition) is 8. The number of nitrogens with zero attached hydrogens (tertiary/aromatic N) is 5. The van der Waals surface area contributed by atoms with Crippen molar-refractivity contribution in [3.8, 4) is 0 Å².